The second-order valence-electron chi connectivity index (χ2n) is 17.2. The Bertz CT molecular complexity index is 2060. The van der Waals surface area contributed by atoms with Crippen LogP contribution < -0.4 is 9.47 Å². The van der Waals surface area contributed by atoms with Crippen LogP contribution in [0.25, 0.3) is 22.2 Å². The van der Waals surface area contributed by atoms with Crippen LogP contribution in [0.3, 0.4) is 0 Å². The number of Topliss-reactive ketones (excluding diaryl/α,β-unsaturated/α-hetero) is 1. The molecule has 1 saturated heterocycles. The van der Waals surface area contributed by atoms with E-state index >= 15 is 0 Å². The average molecular weight is 802 g/mol. The molecule has 2 amide bonds. The molecule has 12 nitrogen and oxygen atoms in total. The Balaban J connectivity index is 1.35. The molecule has 3 fully saturated rings. The minimum Gasteiger partial charge on any atom is -0.497 e. The number of esters is 1. The van der Waals surface area contributed by atoms with E-state index in [9.17, 15) is 28.6 Å². The Hall–Kier alpha value is -4.54. The van der Waals surface area contributed by atoms with Gasteiger partial charge in [0, 0.05) is 50.0 Å². The van der Waals surface area contributed by atoms with Crippen molar-refractivity contribution in [2.45, 2.75) is 95.5 Å². The molecule has 13 heteroatoms. The minimum absolute atomic E-state index is 0.0356. The molecular formula is C44H56N3O9P. The van der Waals surface area contributed by atoms with Gasteiger partial charge in [-0.25, -0.2) is 4.98 Å². The quantitative estimate of drug-likeness (QED) is 0.0961. The van der Waals surface area contributed by atoms with Crippen LogP contribution in [0, 0.1) is 17.3 Å². The number of hydrogen-bond donors (Lipinski definition) is 1. The van der Waals surface area contributed by atoms with Crippen LogP contribution in [0.1, 0.15) is 72.1 Å². The van der Waals surface area contributed by atoms with E-state index in [0.717, 1.165) is 31.2 Å². The van der Waals surface area contributed by atoms with E-state index in [1.165, 1.54) is 23.9 Å². The number of amides is 2. The van der Waals surface area contributed by atoms with Gasteiger partial charge in [0.25, 0.3) is 0 Å². The molecule has 2 aliphatic carbocycles. The van der Waals surface area contributed by atoms with Crippen LogP contribution in [0.5, 0.6) is 11.5 Å². The maximum Gasteiger partial charge on any atom is 0.306 e. The summed E-state index contributed by atoms with van der Waals surface area (Å²) >= 11 is 0. The van der Waals surface area contributed by atoms with Gasteiger partial charge in [0.1, 0.15) is 29.9 Å². The third kappa shape index (κ3) is 9.12. The zero-order chi connectivity index (χ0) is 41.3. The Morgan fingerprint density at radius 2 is 1.77 bits per heavy atom. The van der Waals surface area contributed by atoms with Gasteiger partial charge in [0.15, 0.2) is 5.78 Å². The highest BCUT2D eigenvalue weighted by atomic mass is 31.2. The smallest absolute Gasteiger partial charge is 0.306 e. The Kier molecular flexibility index (Phi) is 12.4. The number of benzene rings is 2. The number of carbonyl (C=O) groups excluding carboxylic acids is 4. The molecular weight excluding hydrogens is 745 g/mol. The van der Waals surface area contributed by atoms with Gasteiger partial charge in [-0.1, -0.05) is 57.2 Å². The van der Waals surface area contributed by atoms with Gasteiger partial charge in [-0.3, -0.25) is 23.7 Å². The first kappa shape index (κ1) is 42.1. The molecule has 6 rings (SSSR count). The molecule has 57 heavy (non-hydrogen) atoms. The number of methoxy groups -OCH3 is 1. The van der Waals surface area contributed by atoms with Crippen molar-refractivity contribution in [1.82, 2.24) is 14.8 Å². The van der Waals surface area contributed by atoms with E-state index in [1.807, 2.05) is 75.4 Å². The lowest BCUT2D eigenvalue weighted by Crippen LogP contribution is -2.48. The number of fused-ring (bicyclic) bond motifs is 1. The number of hydrogen-bond acceptors (Lipinski definition) is 9. The second kappa shape index (κ2) is 16.7. The fraction of sp³-hybridized carbons (Fsp3) is 0.523. The Labute approximate surface area is 335 Å². The van der Waals surface area contributed by atoms with Crippen molar-refractivity contribution in [2.24, 2.45) is 17.3 Å². The maximum atomic E-state index is 14.8. The largest absolute Gasteiger partial charge is 0.497 e. The lowest BCUT2D eigenvalue weighted by atomic mass is 9.77. The number of rotatable bonds is 15. The molecule has 3 aromatic rings. The number of nitrogens with zero attached hydrogens (tertiary/aromatic N) is 3. The zero-order valence-corrected chi connectivity index (χ0v) is 34.8. The van der Waals surface area contributed by atoms with E-state index in [-0.39, 0.29) is 44.2 Å². The number of pyridine rings is 1. The molecule has 306 valence electrons. The van der Waals surface area contributed by atoms with Crippen LogP contribution in [0.2, 0.25) is 0 Å². The van der Waals surface area contributed by atoms with Crippen molar-refractivity contribution in [3.63, 3.8) is 0 Å². The predicted molar refractivity (Wildman–Crippen MR) is 218 cm³/mol. The number of ketones is 1. The molecule has 1 unspecified atom stereocenters. The first-order valence-corrected chi connectivity index (χ1v) is 21.7. The van der Waals surface area contributed by atoms with E-state index < -0.39 is 65.7 Å². The first-order valence-electron chi connectivity index (χ1n) is 19.8. The highest BCUT2D eigenvalue weighted by Crippen LogP contribution is 2.73. The number of aromatic nitrogens is 1. The van der Waals surface area contributed by atoms with Crippen molar-refractivity contribution in [3.8, 4) is 22.8 Å². The summed E-state index contributed by atoms with van der Waals surface area (Å²) in [6.45, 7) is 9.55. The topological polar surface area (TPSA) is 153 Å². The van der Waals surface area contributed by atoms with Crippen LogP contribution >= 0.6 is 7.37 Å². The van der Waals surface area contributed by atoms with Gasteiger partial charge in [-0.15, -0.1) is 6.58 Å². The normalized spacial score (nSPS) is 23.7. The number of carbonyl (C=O) groups is 4. The Morgan fingerprint density at radius 1 is 1.07 bits per heavy atom. The maximum absolute atomic E-state index is 14.8. The van der Waals surface area contributed by atoms with Crippen molar-refractivity contribution in [2.75, 3.05) is 33.9 Å². The summed E-state index contributed by atoms with van der Waals surface area (Å²) in [5.74, 6) is -1.89. The Morgan fingerprint density at radius 3 is 2.39 bits per heavy atom. The molecule has 1 aromatic heterocycles. The van der Waals surface area contributed by atoms with E-state index in [1.54, 1.807) is 13.2 Å². The van der Waals surface area contributed by atoms with E-state index in [0.29, 0.717) is 28.1 Å². The second-order valence-corrected chi connectivity index (χ2v) is 19.8. The molecule has 0 radical (unpaired) electrons. The first-order chi connectivity index (χ1) is 27.0. The molecule has 6 atom stereocenters. The lowest BCUT2D eigenvalue weighted by Gasteiger charge is -2.35. The fourth-order valence-corrected chi connectivity index (χ4v) is 10.9. The van der Waals surface area contributed by atoms with Gasteiger partial charge in [0.2, 0.25) is 19.2 Å². The summed E-state index contributed by atoms with van der Waals surface area (Å²) in [7, 11) is 0.392. The van der Waals surface area contributed by atoms with Crippen molar-refractivity contribution in [1.29, 1.82) is 0 Å². The summed E-state index contributed by atoms with van der Waals surface area (Å²) in [6, 6.07) is 16.0. The van der Waals surface area contributed by atoms with Gasteiger partial charge >= 0.3 is 5.97 Å². The monoisotopic (exact) mass is 801 g/mol. The van der Waals surface area contributed by atoms with Crippen molar-refractivity contribution >= 4 is 41.8 Å². The van der Waals surface area contributed by atoms with Crippen molar-refractivity contribution in [3.05, 3.63) is 67.3 Å². The third-order valence-corrected chi connectivity index (χ3v) is 14.8. The third-order valence-electron chi connectivity index (χ3n) is 12.0. The standard InChI is InChI=1S/C44H56N3O9P/c1-8-29-24-44(29,57(52,53)27-40(49)46(5)6)25-38(48)37-21-32(26-47(37)42(51)34(43(2,3)4)22-41(50)56-30-16-12-13-17-30)55-39-23-35(28-14-10-9-11-15-28)45-36-20-31(54-7)18-19-33(36)39/h8-11,14-15,18-20,23,29-30,32,34,37H,1,12-13,16-17,21-22,24-27H2,2-7H3,(H,52,53)/t29-,32-,34-,37+,44-/m1/s1. The number of ether oxygens (including phenoxy) is 3. The average Bonchev–Trinajstić information content (AvgIpc) is 3.43. The van der Waals surface area contributed by atoms with Gasteiger partial charge < -0.3 is 28.9 Å². The zero-order valence-electron chi connectivity index (χ0n) is 33.9. The van der Waals surface area contributed by atoms with Gasteiger partial charge in [0.05, 0.1) is 48.4 Å². The van der Waals surface area contributed by atoms with E-state index in [2.05, 4.69) is 6.58 Å². The van der Waals surface area contributed by atoms with E-state index in [4.69, 9.17) is 19.2 Å². The number of likely N-dealkylation sites (tertiary alicyclic amines) is 1. The van der Waals surface area contributed by atoms with Crippen LogP contribution in [-0.2, 0) is 28.5 Å². The summed E-state index contributed by atoms with van der Waals surface area (Å²) in [6.07, 6.45) is 3.58. The molecule has 2 heterocycles. The van der Waals surface area contributed by atoms with Crippen LogP contribution in [0.4, 0.5) is 0 Å². The van der Waals surface area contributed by atoms with Gasteiger partial charge in [-0.05, 0) is 55.6 Å². The summed E-state index contributed by atoms with van der Waals surface area (Å²) in [4.78, 5) is 74.6. The predicted octanol–water partition coefficient (Wildman–Crippen LogP) is 7.06. The molecule has 1 N–H and O–H groups in total. The molecule has 3 aliphatic rings. The molecule has 0 bridgehead atoms. The molecule has 2 saturated carbocycles. The lowest BCUT2D eigenvalue weighted by molar-refractivity contribution is -0.156. The molecule has 1 aliphatic heterocycles. The summed E-state index contributed by atoms with van der Waals surface area (Å²) < 4.78 is 32.1. The highest BCUT2D eigenvalue weighted by Gasteiger charge is 2.65. The van der Waals surface area contributed by atoms with Gasteiger partial charge in [-0.2, -0.15) is 0 Å². The summed E-state index contributed by atoms with van der Waals surface area (Å²) in [5, 5.41) is -0.659. The minimum atomic E-state index is -4.22. The van der Waals surface area contributed by atoms with Crippen LogP contribution in [0.15, 0.2) is 67.3 Å². The van der Waals surface area contributed by atoms with Crippen molar-refractivity contribution < 1.29 is 42.8 Å². The van der Waals surface area contributed by atoms with Crippen LogP contribution in [-0.4, -0.2) is 101 Å². The summed E-state index contributed by atoms with van der Waals surface area (Å²) in [5.41, 5.74) is 1.49. The number of allylic oxidation sites excluding steroid dienone is 1. The SMILES string of the molecule is C=C[C@@H]1C[C@]1(CC(=O)[C@@H]1C[C@@H](Oc2cc(-c3ccccc3)nc3cc(OC)ccc23)CN1C(=O)[C@@H](CC(=O)OC1CCCC1)C(C)(C)C)P(=O)(O)CC(=O)N(C)C. The molecule has 0 spiro atoms. The fourth-order valence-electron chi connectivity index (χ4n) is 8.39. The highest BCUT2D eigenvalue weighted by molar-refractivity contribution is 7.61. The molecule has 2 aromatic carbocycles.